The molecule has 0 amide bonds. The minimum Gasteiger partial charge on any atom is -0.315 e. The van der Waals surface area contributed by atoms with Crippen LogP contribution in [-0.4, -0.2) is 13.7 Å². The summed E-state index contributed by atoms with van der Waals surface area (Å²) in [5.41, 5.74) is 18.7. The molecule has 0 aliphatic heterocycles. The second kappa shape index (κ2) is 21.1. The number of hydrogen-bond acceptors (Lipinski definition) is 2. The van der Waals surface area contributed by atoms with Crippen LogP contribution in [0.15, 0.2) is 261 Å². The van der Waals surface area contributed by atoms with Crippen molar-refractivity contribution in [2.45, 2.75) is 41.5 Å². The zero-order valence-electron chi connectivity index (χ0n) is 42.6. The number of fused-ring (bicyclic) bond motifs is 5. The van der Waals surface area contributed by atoms with Crippen molar-refractivity contribution in [3.8, 4) is 17.1 Å². The van der Waals surface area contributed by atoms with Gasteiger partial charge in [-0.05, 0) is 149 Å². The Hall–Kier alpha value is -9.06. The van der Waals surface area contributed by atoms with E-state index in [2.05, 4.69) is 294 Å². The fourth-order valence-electron chi connectivity index (χ4n) is 10.4. The maximum absolute atomic E-state index is 4.22. The highest BCUT2D eigenvalue weighted by Gasteiger charge is 2.20. The maximum atomic E-state index is 4.22. The van der Waals surface area contributed by atoms with Gasteiger partial charge in [-0.3, -0.25) is 0 Å². The molecule has 0 saturated heterocycles. The van der Waals surface area contributed by atoms with Gasteiger partial charge in [-0.1, -0.05) is 148 Å². The molecule has 0 aliphatic carbocycles. The van der Waals surface area contributed by atoms with Gasteiger partial charge in [0.15, 0.2) is 0 Å². The van der Waals surface area contributed by atoms with Gasteiger partial charge < -0.3 is 23.5 Å². The number of benzene rings is 9. The van der Waals surface area contributed by atoms with Gasteiger partial charge in [0.2, 0.25) is 0 Å². The zero-order valence-corrected chi connectivity index (χ0v) is 42.6. The Balaban J connectivity index is 0.000000172. The van der Waals surface area contributed by atoms with Crippen molar-refractivity contribution in [1.82, 2.24) is 13.7 Å². The molecule has 3 aromatic heterocycles. The number of hydrogen-bond donors (Lipinski definition) is 0. The van der Waals surface area contributed by atoms with Crippen molar-refractivity contribution in [2.75, 3.05) is 9.80 Å². The van der Waals surface area contributed by atoms with Gasteiger partial charge >= 0.3 is 0 Å². The Labute approximate surface area is 430 Å². The molecule has 3 heterocycles. The molecule has 0 radical (unpaired) electrons. The average molecular weight is 948 g/mol. The Morgan fingerprint density at radius 1 is 0.384 bits per heavy atom. The molecule has 0 bridgehead atoms. The van der Waals surface area contributed by atoms with Crippen molar-refractivity contribution in [3.05, 3.63) is 278 Å². The first-order valence-electron chi connectivity index (χ1n) is 25.3. The molecule has 5 heteroatoms. The topological polar surface area (TPSA) is 21.3 Å². The number of anilines is 4. The molecule has 358 valence electrons. The maximum Gasteiger partial charge on any atom is 0.0542 e. The van der Waals surface area contributed by atoms with E-state index in [0.29, 0.717) is 0 Å². The highest BCUT2D eigenvalue weighted by atomic mass is 15.2. The molecule has 0 spiro atoms. The summed E-state index contributed by atoms with van der Waals surface area (Å²) in [4.78, 5) is 4.57. The van der Waals surface area contributed by atoms with Crippen LogP contribution in [0.4, 0.5) is 22.7 Å². The van der Waals surface area contributed by atoms with E-state index in [1.54, 1.807) is 0 Å². The van der Waals surface area contributed by atoms with Crippen LogP contribution in [0.5, 0.6) is 0 Å². The Morgan fingerprint density at radius 3 is 1.37 bits per heavy atom. The molecule has 0 aliphatic rings. The molecule has 73 heavy (non-hydrogen) atoms. The normalized spacial score (nSPS) is 11.3. The first-order valence-corrected chi connectivity index (χ1v) is 25.3. The van der Waals surface area contributed by atoms with Gasteiger partial charge in [-0.2, -0.15) is 0 Å². The van der Waals surface area contributed by atoms with E-state index < -0.39 is 0 Å². The van der Waals surface area contributed by atoms with E-state index in [4.69, 9.17) is 0 Å². The molecule has 0 N–H and O–H groups in total. The summed E-state index contributed by atoms with van der Waals surface area (Å²) in [6.45, 7) is 16.9. The Morgan fingerprint density at radius 2 is 0.808 bits per heavy atom. The van der Waals surface area contributed by atoms with Crippen LogP contribution in [0.3, 0.4) is 0 Å². The quantitative estimate of drug-likeness (QED) is 0.136. The minimum atomic E-state index is 0.988. The molecule has 12 rings (SSSR count). The number of rotatable bonds is 10. The van der Waals surface area contributed by atoms with Crippen LogP contribution >= 0.6 is 0 Å². The minimum absolute atomic E-state index is 0.988. The smallest absolute Gasteiger partial charge is 0.0542 e. The molecule has 9 aromatic carbocycles. The third-order valence-electron chi connectivity index (χ3n) is 13.5. The number of aromatic nitrogens is 3. The lowest BCUT2D eigenvalue weighted by atomic mass is 10.1. The summed E-state index contributed by atoms with van der Waals surface area (Å²) in [5.74, 6) is 0. The molecule has 0 atom stereocenters. The van der Waals surface area contributed by atoms with Crippen LogP contribution in [0.2, 0.25) is 0 Å². The Kier molecular flexibility index (Phi) is 13.8. The highest BCUT2D eigenvalue weighted by molar-refractivity contribution is 6.10. The van der Waals surface area contributed by atoms with Crippen molar-refractivity contribution >= 4 is 72.4 Å². The van der Waals surface area contributed by atoms with Gasteiger partial charge in [0.05, 0.1) is 22.1 Å². The van der Waals surface area contributed by atoms with Crippen molar-refractivity contribution in [1.29, 1.82) is 0 Å². The van der Waals surface area contributed by atoms with E-state index in [9.17, 15) is 0 Å². The summed E-state index contributed by atoms with van der Waals surface area (Å²) in [5, 5.41) is 4.96. The lowest BCUT2D eigenvalue weighted by Gasteiger charge is -2.26. The fourth-order valence-corrected chi connectivity index (χ4v) is 10.4. The predicted octanol–water partition coefficient (Wildman–Crippen LogP) is 18.9. The van der Waals surface area contributed by atoms with Crippen LogP contribution in [0.1, 0.15) is 44.6 Å². The standard InChI is InChI=1S/C39H33N3.C27H22N2.C2H6/c1-28-25-31-27-35(23-24-38(31)41(28)33-17-9-5-10-18-33)40(32-15-7-4-8-16-32)29(2)26-37-30(3)42(34-19-11-6-12-20-34)39-22-14-13-21-36(37)39;1-20(2)28(21-11-5-3-6-12-21)23-17-18-27-25(19-23)24-15-9-10-16-26(24)29(27)22-13-7-4-8-14-22;1-2/h4-27H,1-3H3;3-19H,1H2,2H3;1-2H3/b29-26+;;. The van der Waals surface area contributed by atoms with Crippen molar-refractivity contribution in [2.24, 2.45) is 0 Å². The van der Waals surface area contributed by atoms with Crippen LogP contribution in [-0.2, 0) is 0 Å². The van der Waals surface area contributed by atoms with Crippen molar-refractivity contribution in [3.63, 3.8) is 0 Å². The number of para-hydroxylation sites is 7. The summed E-state index contributed by atoms with van der Waals surface area (Å²) in [6, 6.07) is 85.9. The first-order chi connectivity index (χ1) is 35.8. The SMILES string of the molecule is C/C(=C\c1c(C)n(-c2ccccc2)c2ccccc12)N(c1ccccc1)c1ccc2c(c1)cc(C)n2-c1ccccc1.C=C(C)N(c1ccccc1)c1ccc2c(c1)c1ccccc1n2-c1ccccc1.CC. The monoisotopic (exact) mass is 947 g/mol. The van der Waals surface area contributed by atoms with E-state index in [-0.39, 0.29) is 0 Å². The van der Waals surface area contributed by atoms with Gasteiger partial charge in [0, 0.05) is 89.7 Å². The van der Waals surface area contributed by atoms with Crippen LogP contribution < -0.4 is 9.80 Å². The highest BCUT2D eigenvalue weighted by Crippen LogP contribution is 2.39. The first kappa shape index (κ1) is 47.6. The third-order valence-corrected chi connectivity index (χ3v) is 13.5. The molecule has 0 saturated carbocycles. The van der Waals surface area contributed by atoms with Gasteiger partial charge in [0.1, 0.15) is 0 Å². The summed E-state index contributed by atoms with van der Waals surface area (Å²) in [6.07, 6.45) is 2.34. The van der Waals surface area contributed by atoms with E-state index in [1.807, 2.05) is 26.8 Å². The molecule has 0 unspecified atom stereocenters. The summed E-state index contributed by atoms with van der Waals surface area (Å²) < 4.78 is 7.03. The number of nitrogens with zero attached hydrogens (tertiary/aromatic N) is 5. The van der Waals surface area contributed by atoms with Crippen LogP contribution in [0, 0.1) is 13.8 Å². The van der Waals surface area contributed by atoms with Gasteiger partial charge in [-0.25, -0.2) is 0 Å². The van der Waals surface area contributed by atoms with Gasteiger partial charge in [0.25, 0.3) is 0 Å². The van der Waals surface area contributed by atoms with E-state index in [1.165, 1.54) is 77.6 Å². The van der Waals surface area contributed by atoms with Crippen LogP contribution in [0.25, 0.3) is 66.7 Å². The largest absolute Gasteiger partial charge is 0.315 e. The van der Waals surface area contributed by atoms with Gasteiger partial charge in [-0.15, -0.1) is 0 Å². The summed E-state index contributed by atoms with van der Waals surface area (Å²) in [7, 11) is 0. The van der Waals surface area contributed by atoms with E-state index in [0.717, 1.165) is 34.1 Å². The third kappa shape index (κ3) is 9.25. The Bertz CT molecular complexity index is 3860. The average Bonchev–Trinajstić information content (AvgIpc) is 4.05. The fraction of sp³-hybridized carbons (Fsp3) is 0.0882. The van der Waals surface area contributed by atoms with E-state index >= 15 is 0 Å². The molecular formula is C68H61N5. The number of aryl methyl sites for hydroxylation is 1. The lowest BCUT2D eigenvalue weighted by molar-refractivity contribution is 1.05. The molecule has 5 nitrogen and oxygen atoms in total. The van der Waals surface area contributed by atoms with Crippen molar-refractivity contribution < 1.29 is 0 Å². The number of allylic oxidation sites excluding steroid dienone is 2. The molecular weight excluding hydrogens is 887 g/mol. The molecule has 12 aromatic rings. The predicted molar refractivity (Wildman–Crippen MR) is 314 cm³/mol. The summed E-state index contributed by atoms with van der Waals surface area (Å²) >= 11 is 0. The second-order valence-electron chi connectivity index (χ2n) is 18.1. The lowest BCUT2D eigenvalue weighted by Crippen LogP contribution is -2.14. The second-order valence-corrected chi connectivity index (χ2v) is 18.1. The zero-order chi connectivity index (χ0) is 50.4. The molecule has 0 fully saturated rings.